The summed E-state index contributed by atoms with van der Waals surface area (Å²) in [4.78, 5) is 0. The summed E-state index contributed by atoms with van der Waals surface area (Å²) in [5.41, 5.74) is 5.63. The molecule has 2 atom stereocenters. The van der Waals surface area contributed by atoms with E-state index < -0.39 is 0 Å². The van der Waals surface area contributed by atoms with Gasteiger partial charge in [-0.15, -0.1) is 0 Å². The molecule has 0 aliphatic heterocycles. The van der Waals surface area contributed by atoms with E-state index in [1.54, 1.807) is 0 Å². The highest BCUT2D eigenvalue weighted by Crippen LogP contribution is 2.22. The fourth-order valence-corrected chi connectivity index (χ4v) is 1.47. The average Bonchev–Trinajstić information content (AvgIpc) is 1.88. The first-order valence-electron chi connectivity index (χ1n) is 3.64. The largest absolute Gasteiger partial charge is 0.328 e. The minimum atomic E-state index is -0.173. The Balaban J connectivity index is 2.23. The molecule has 54 valence electrons. The Labute approximate surface area is 55.4 Å². The van der Waals surface area contributed by atoms with Crippen molar-refractivity contribution in [2.75, 3.05) is 6.67 Å². The number of rotatable bonds is 1. The standard InChI is InChI=1S/C7H14FN/c8-5-6-2-1-3-7(9)4-6/h6-7H,1-5,9H2. The Hall–Kier alpha value is -0.110. The Bertz CT molecular complexity index is 85.0. The number of halogens is 1. The van der Waals surface area contributed by atoms with Gasteiger partial charge in [-0.3, -0.25) is 4.39 Å². The van der Waals surface area contributed by atoms with Crippen molar-refractivity contribution >= 4 is 0 Å². The van der Waals surface area contributed by atoms with E-state index in [-0.39, 0.29) is 18.6 Å². The van der Waals surface area contributed by atoms with Gasteiger partial charge in [-0.05, 0) is 25.2 Å². The summed E-state index contributed by atoms with van der Waals surface area (Å²) >= 11 is 0. The lowest BCUT2D eigenvalue weighted by molar-refractivity contribution is 0.260. The van der Waals surface area contributed by atoms with Crippen molar-refractivity contribution in [3.05, 3.63) is 0 Å². The predicted octanol–water partition coefficient (Wildman–Crippen LogP) is 1.47. The second-order valence-corrected chi connectivity index (χ2v) is 2.95. The topological polar surface area (TPSA) is 26.0 Å². The van der Waals surface area contributed by atoms with Gasteiger partial charge in [0.15, 0.2) is 0 Å². The zero-order valence-electron chi connectivity index (χ0n) is 5.65. The van der Waals surface area contributed by atoms with Crippen LogP contribution >= 0.6 is 0 Å². The van der Waals surface area contributed by atoms with E-state index in [1.807, 2.05) is 0 Å². The van der Waals surface area contributed by atoms with Gasteiger partial charge in [0.05, 0.1) is 6.67 Å². The molecule has 0 radical (unpaired) electrons. The third kappa shape index (κ3) is 1.94. The molecule has 1 saturated carbocycles. The minimum Gasteiger partial charge on any atom is -0.328 e. The van der Waals surface area contributed by atoms with Crippen LogP contribution in [0.2, 0.25) is 0 Å². The summed E-state index contributed by atoms with van der Waals surface area (Å²) in [5, 5.41) is 0. The highest BCUT2D eigenvalue weighted by molar-refractivity contribution is 4.74. The maximum Gasteiger partial charge on any atom is 0.0923 e. The molecule has 9 heavy (non-hydrogen) atoms. The molecule has 0 heterocycles. The van der Waals surface area contributed by atoms with Crippen LogP contribution in [0, 0.1) is 5.92 Å². The molecule has 1 rings (SSSR count). The van der Waals surface area contributed by atoms with E-state index in [4.69, 9.17) is 5.73 Å². The number of hydrogen-bond donors (Lipinski definition) is 1. The number of nitrogens with two attached hydrogens (primary N) is 1. The van der Waals surface area contributed by atoms with Crippen molar-refractivity contribution in [3.63, 3.8) is 0 Å². The van der Waals surface area contributed by atoms with Crippen molar-refractivity contribution in [1.82, 2.24) is 0 Å². The second kappa shape index (κ2) is 3.16. The lowest BCUT2D eigenvalue weighted by atomic mass is 9.87. The van der Waals surface area contributed by atoms with E-state index in [1.165, 1.54) is 0 Å². The monoisotopic (exact) mass is 131 g/mol. The molecule has 2 N–H and O–H groups in total. The normalized spacial score (nSPS) is 36.7. The highest BCUT2D eigenvalue weighted by atomic mass is 19.1. The molecule has 1 fully saturated rings. The number of hydrogen-bond acceptors (Lipinski definition) is 1. The highest BCUT2D eigenvalue weighted by Gasteiger charge is 2.18. The molecule has 0 aromatic heterocycles. The first-order valence-corrected chi connectivity index (χ1v) is 3.64. The second-order valence-electron chi connectivity index (χ2n) is 2.95. The minimum absolute atomic E-state index is 0.173. The zero-order valence-corrected chi connectivity index (χ0v) is 5.65. The molecule has 0 aromatic carbocycles. The third-order valence-electron chi connectivity index (χ3n) is 2.04. The molecule has 0 spiro atoms. The zero-order chi connectivity index (χ0) is 6.69. The van der Waals surface area contributed by atoms with Crippen LogP contribution in [0.25, 0.3) is 0 Å². The Kier molecular flexibility index (Phi) is 2.46. The van der Waals surface area contributed by atoms with Crippen LogP contribution in [0.15, 0.2) is 0 Å². The maximum atomic E-state index is 12.0. The van der Waals surface area contributed by atoms with Gasteiger partial charge in [-0.1, -0.05) is 6.42 Å². The summed E-state index contributed by atoms with van der Waals surface area (Å²) in [5.74, 6) is 0.272. The molecular weight excluding hydrogens is 117 g/mol. The third-order valence-corrected chi connectivity index (χ3v) is 2.04. The van der Waals surface area contributed by atoms with Crippen LogP contribution < -0.4 is 5.73 Å². The summed E-state index contributed by atoms with van der Waals surface area (Å²) in [6, 6.07) is 0.277. The van der Waals surface area contributed by atoms with Gasteiger partial charge in [0.1, 0.15) is 0 Å². The summed E-state index contributed by atoms with van der Waals surface area (Å²) < 4.78 is 12.0. The van der Waals surface area contributed by atoms with E-state index >= 15 is 0 Å². The molecular formula is C7H14FN. The van der Waals surface area contributed by atoms with Crippen molar-refractivity contribution in [2.24, 2.45) is 11.7 Å². The molecule has 1 aliphatic rings. The summed E-state index contributed by atoms with van der Waals surface area (Å²) in [6.07, 6.45) is 4.16. The first kappa shape index (κ1) is 7.00. The summed E-state index contributed by atoms with van der Waals surface area (Å²) in [7, 11) is 0. The van der Waals surface area contributed by atoms with Crippen LogP contribution in [0.5, 0.6) is 0 Å². The molecule has 0 bridgehead atoms. The van der Waals surface area contributed by atoms with Crippen molar-refractivity contribution < 1.29 is 4.39 Å². The van der Waals surface area contributed by atoms with Gasteiger partial charge >= 0.3 is 0 Å². The van der Waals surface area contributed by atoms with Gasteiger partial charge < -0.3 is 5.73 Å². The fraction of sp³-hybridized carbons (Fsp3) is 1.00. The van der Waals surface area contributed by atoms with Crippen LogP contribution in [0.4, 0.5) is 4.39 Å². The molecule has 0 amide bonds. The molecule has 1 nitrogen and oxygen atoms in total. The van der Waals surface area contributed by atoms with Crippen LogP contribution in [-0.2, 0) is 0 Å². The van der Waals surface area contributed by atoms with Crippen molar-refractivity contribution in [1.29, 1.82) is 0 Å². The SMILES string of the molecule is NC1CCCC(CF)C1. The van der Waals surface area contributed by atoms with Crippen LogP contribution in [0.3, 0.4) is 0 Å². The molecule has 2 unspecified atom stereocenters. The lowest BCUT2D eigenvalue weighted by Gasteiger charge is -2.23. The van der Waals surface area contributed by atoms with Crippen LogP contribution in [-0.4, -0.2) is 12.7 Å². The van der Waals surface area contributed by atoms with Gasteiger partial charge in [-0.2, -0.15) is 0 Å². The van der Waals surface area contributed by atoms with Gasteiger partial charge in [-0.25, -0.2) is 0 Å². The van der Waals surface area contributed by atoms with Crippen molar-refractivity contribution in [3.8, 4) is 0 Å². The molecule has 0 saturated heterocycles. The van der Waals surface area contributed by atoms with E-state index in [0.717, 1.165) is 25.7 Å². The molecule has 2 heteroatoms. The van der Waals surface area contributed by atoms with Gasteiger partial charge in [0, 0.05) is 6.04 Å². The van der Waals surface area contributed by atoms with Gasteiger partial charge in [0.25, 0.3) is 0 Å². The van der Waals surface area contributed by atoms with Crippen molar-refractivity contribution in [2.45, 2.75) is 31.7 Å². The molecule has 0 aromatic rings. The van der Waals surface area contributed by atoms with E-state index in [9.17, 15) is 4.39 Å². The Morgan fingerprint density at radius 3 is 2.67 bits per heavy atom. The Morgan fingerprint density at radius 1 is 1.44 bits per heavy atom. The predicted molar refractivity (Wildman–Crippen MR) is 35.9 cm³/mol. The smallest absolute Gasteiger partial charge is 0.0923 e. The summed E-state index contributed by atoms with van der Waals surface area (Å²) in [6.45, 7) is -0.173. The van der Waals surface area contributed by atoms with E-state index in [2.05, 4.69) is 0 Å². The average molecular weight is 131 g/mol. The number of alkyl halides is 1. The van der Waals surface area contributed by atoms with E-state index in [0.29, 0.717) is 0 Å². The first-order chi connectivity index (χ1) is 4.33. The molecule has 1 aliphatic carbocycles. The van der Waals surface area contributed by atoms with Gasteiger partial charge in [0.2, 0.25) is 0 Å². The quantitative estimate of drug-likeness (QED) is 0.573. The van der Waals surface area contributed by atoms with Crippen LogP contribution in [0.1, 0.15) is 25.7 Å². The maximum absolute atomic E-state index is 12.0. The lowest BCUT2D eigenvalue weighted by Crippen LogP contribution is -2.28. The Morgan fingerprint density at radius 2 is 2.22 bits per heavy atom. The fourth-order valence-electron chi connectivity index (χ4n) is 1.47.